The molecule has 0 aromatic heterocycles. The third-order valence-corrected chi connectivity index (χ3v) is 1.96. The maximum Gasteiger partial charge on any atom is 0.298 e. The van der Waals surface area contributed by atoms with E-state index in [4.69, 9.17) is 4.74 Å². The Morgan fingerprint density at radius 3 is 2.83 bits per heavy atom. The van der Waals surface area contributed by atoms with Gasteiger partial charge in [0.1, 0.15) is 11.5 Å². The Balaban J connectivity index is 2.96. The number of rotatable bonds is 3. The lowest BCUT2D eigenvalue weighted by Crippen LogP contribution is -1.90. The van der Waals surface area contributed by atoms with Crippen molar-refractivity contribution in [3.05, 3.63) is 22.7 Å². The molecule has 0 amide bonds. The molecule has 0 N–H and O–H groups in total. The fourth-order valence-electron chi connectivity index (χ4n) is 0.769. The Morgan fingerprint density at radius 1 is 1.50 bits per heavy atom. The maximum absolute atomic E-state index is 9.98. The summed E-state index contributed by atoms with van der Waals surface area (Å²) in [7, 11) is 1.55. The van der Waals surface area contributed by atoms with Crippen LogP contribution < -0.4 is 9.47 Å². The van der Waals surface area contributed by atoms with E-state index in [0.717, 1.165) is 4.47 Å². The number of carbonyl (C=O) groups is 1. The van der Waals surface area contributed by atoms with Gasteiger partial charge in [-0.25, -0.2) is 0 Å². The first-order chi connectivity index (χ1) is 5.77. The topological polar surface area (TPSA) is 35.5 Å². The summed E-state index contributed by atoms with van der Waals surface area (Å²) in [5.74, 6) is 1.10. The molecule has 0 saturated heterocycles. The van der Waals surface area contributed by atoms with Gasteiger partial charge in [-0.05, 0) is 28.1 Å². The SMILES string of the molecule is COc1cc(OC=O)ccc1Br. The van der Waals surface area contributed by atoms with Crippen molar-refractivity contribution in [1.82, 2.24) is 0 Å². The summed E-state index contributed by atoms with van der Waals surface area (Å²) < 4.78 is 10.4. The van der Waals surface area contributed by atoms with Crippen molar-refractivity contribution in [2.75, 3.05) is 7.11 Å². The predicted octanol–water partition coefficient (Wildman–Crippen LogP) is 1.99. The molecule has 1 aromatic rings. The van der Waals surface area contributed by atoms with Crippen LogP contribution in [0.4, 0.5) is 0 Å². The van der Waals surface area contributed by atoms with Gasteiger partial charge in [0.2, 0.25) is 0 Å². The van der Waals surface area contributed by atoms with Gasteiger partial charge in [-0.2, -0.15) is 0 Å². The predicted molar refractivity (Wildman–Crippen MR) is 47.4 cm³/mol. The molecule has 0 heterocycles. The van der Waals surface area contributed by atoms with E-state index in [9.17, 15) is 4.79 Å². The number of carbonyl (C=O) groups excluding carboxylic acids is 1. The van der Waals surface area contributed by atoms with Crippen molar-refractivity contribution in [1.29, 1.82) is 0 Å². The average Bonchev–Trinajstić information content (AvgIpc) is 2.09. The van der Waals surface area contributed by atoms with Crippen LogP contribution in [-0.2, 0) is 4.79 Å². The number of hydrogen-bond acceptors (Lipinski definition) is 3. The van der Waals surface area contributed by atoms with Crippen LogP contribution in [0.1, 0.15) is 0 Å². The van der Waals surface area contributed by atoms with Crippen molar-refractivity contribution in [3.63, 3.8) is 0 Å². The van der Waals surface area contributed by atoms with Gasteiger partial charge in [0, 0.05) is 6.07 Å². The number of ether oxygens (including phenoxy) is 2. The largest absolute Gasteiger partial charge is 0.495 e. The first-order valence-corrected chi connectivity index (χ1v) is 4.01. The lowest BCUT2D eigenvalue weighted by molar-refractivity contribution is -0.120. The second kappa shape index (κ2) is 4.11. The van der Waals surface area contributed by atoms with Crippen LogP contribution in [0.5, 0.6) is 11.5 Å². The maximum atomic E-state index is 9.98. The molecule has 0 aliphatic heterocycles. The molecule has 12 heavy (non-hydrogen) atoms. The smallest absolute Gasteiger partial charge is 0.298 e. The summed E-state index contributed by atoms with van der Waals surface area (Å²) in [6.07, 6.45) is 0. The molecule has 4 heteroatoms. The Kier molecular flexibility index (Phi) is 3.10. The van der Waals surface area contributed by atoms with Gasteiger partial charge < -0.3 is 9.47 Å². The first-order valence-electron chi connectivity index (χ1n) is 3.21. The molecule has 3 nitrogen and oxygen atoms in total. The van der Waals surface area contributed by atoms with E-state index in [-0.39, 0.29) is 0 Å². The molecule has 0 aliphatic rings. The Hall–Kier alpha value is -1.03. The highest BCUT2D eigenvalue weighted by Gasteiger charge is 2.01. The van der Waals surface area contributed by atoms with E-state index in [0.29, 0.717) is 18.0 Å². The molecule has 64 valence electrons. The third kappa shape index (κ3) is 1.98. The zero-order chi connectivity index (χ0) is 8.97. The second-order valence-electron chi connectivity index (χ2n) is 2.01. The summed E-state index contributed by atoms with van der Waals surface area (Å²) in [5, 5.41) is 0. The highest BCUT2D eigenvalue weighted by molar-refractivity contribution is 9.10. The fraction of sp³-hybridized carbons (Fsp3) is 0.125. The first kappa shape index (κ1) is 9.06. The van der Waals surface area contributed by atoms with Gasteiger partial charge in [-0.1, -0.05) is 0 Å². The minimum absolute atomic E-state index is 0.378. The van der Waals surface area contributed by atoms with Crippen LogP contribution >= 0.6 is 15.9 Å². The van der Waals surface area contributed by atoms with E-state index in [2.05, 4.69) is 20.7 Å². The minimum Gasteiger partial charge on any atom is -0.495 e. The van der Waals surface area contributed by atoms with E-state index >= 15 is 0 Å². The Morgan fingerprint density at radius 2 is 2.25 bits per heavy atom. The van der Waals surface area contributed by atoms with Crippen molar-refractivity contribution >= 4 is 22.4 Å². The summed E-state index contributed by atoms with van der Waals surface area (Å²) in [5.41, 5.74) is 0. The van der Waals surface area contributed by atoms with E-state index in [1.807, 2.05) is 0 Å². The molecule has 1 aromatic carbocycles. The van der Waals surface area contributed by atoms with Crippen LogP contribution in [0.2, 0.25) is 0 Å². The minimum atomic E-state index is 0.378. The van der Waals surface area contributed by atoms with Gasteiger partial charge in [-0.3, -0.25) is 4.79 Å². The quantitative estimate of drug-likeness (QED) is 0.746. The highest BCUT2D eigenvalue weighted by atomic mass is 79.9. The lowest BCUT2D eigenvalue weighted by atomic mass is 10.3. The Labute approximate surface area is 78.4 Å². The van der Waals surface area contributed by atoms with Crippen molar-refractivity contribution < 1.29 is 14.3 Å². The molecule has 0 bridgehead atoms. The lowest BCUT2D eigenvalue weighted by Gasteiger charge is -2.03. The summed E-state index contributed by atoms with van der Waals surface area (Å²) in [6, 6.07) is 5.04. The average molecular weight is 231 g/mol. The van der Waals surface area contributed by atoms with E-state index in [1.165, 1.54) is 0 Å². The highest BCUT2D eigenvalue weighted by Crippen LogP contribution is 2.28. The summed E-state index contributed by atoms with van der Waals surface area (Å²) in [4.78, 5) is 9.98. The number of methoxy groups -OCH3 is 1. The van der Waals surface area contributed by atoms with E-state index < -0.39 is 0 Å². The van der Waals surface area contributed by atoms with Crippen LogP contribution in [0.25, 0.3) is 0 Å². The second-order valence-corrected chi connectivity index (χ2v) is 2.86. The number of hydrogen-bond donors (Lipinski definition) is 0. The standard InChI is InChI=1S/C8H7BrO3/c1-11-8-4-6(12-5-10)2-3-7(8)9/h2-5H,1H3. The third-order valence-electron chi connectivity index (χ3n) is 1.31. The van der Waals surface area contributed by atoms with Gasteiger partial charge >= 0.3 is 0 Å². The molecular formula is C8H7BrO3. The normalized spacial score (nSPS) is 9.17. The number of halogens is 1. The molecule has 0 saturated carbocycles. The molecule has 0 fully saturated rings. The Bertz CT molecular complexity index is 286. The van der Waals surface area contributed by atoms with Crippen LogP contribution in [0.3, 0.4) is 0 Å². The fourth-order valence-corrected chi connectivity index (χ4v) is 1.18. The van der Waals surface area contributed by atoms with Gasteiger partial charge in [0.15, 0.2) is 0 Å². The van der Waals surface area contributed by atoms with Gasteiger partial charge in [0.05, 0.1) is 11.6 Å². The monoisotopic (exact) mass is 230 g/mol. The van der Waals surface area contributed by atoms with Gasteiger partial charge in [-0.15, -0.1) is 0 Å². The van der Waals surface area contributed by atoms with E-state index in [1.54, 1.807) is 25.3 Å². The van der Waals surface area contributed by atoms with Crippen molar-refractivity contribution in [3.8, 4) is 11.5 Å². The van der Waals surface area contributed by atoms with Gasteiger partial charge in [0.25, 0.3) is 6.47 Å². The zero-order valence-electron chi connectivity index (χ0n) is 6.41. The molecular weight excluding hydrogens is 224 g/mol. The molecule has 0 spiro atoms. The van der Waals surface area contributed by atoms with Crippen LogP contribution in [0.15, 0.2) is 22.7 Å². The number of benzene rings is 1. The molecule has 0 unspecified atom stereocenters. The molecule has 0 aliphatic carbocycles. The van der Waals surface area contributed by atoms with Crippen molar-refractivity contribution in [2.24, 2.45) is 0 Å². The summed E-state index contributed by atoms with van der Waals surface area (Å²) in [6.45, 7) is 0.378. The van der Waals surface area contributed by atoms with Crippen LogP contribution in [0, 0.1) is 0 Å². The molecule has 0 radical (unpaired) electrons. The van der Waals surface area contributed by atoms with Crippen LogP contribution in [-0.4, -0.2) is 13.6 Å². The molecule has 1 rings (SSSR count). The molecule has 0 atom stereocenters. The zero-order valence-corrected chi connectivity index (χ0v) is 8.00. The van der Waals surface area contributed by atoms with Crippen molar-refractivity contribution in [2.45, 2.75) is 0 Å². The summed E-state index contributed by atoms with van der Waals surface area (Å²) >= 11 is 3.27.